The highest BCUT2D eigenvalue weighted by Crippen LogP contribution is 2.35. The summed E-state index contributed by atoms with van der Waals surface area (Å²) in [6.45, 7) is 8.60. The molecular formula is C19H20ClF3N2O4S. The third-order valence-electron chi connectivity index (χ3n) is 4.65. The Balaban J connectivity index is 2.70. The molecule has 2 aromatic rings. The zero-order valence-electron chi connectivity index (χ0n) is 17.1. The second-order valence-corrected chi connectivity index (χ2v) is 8.87. The van der Waals surface area contributed by atoms with Gasteiger partial charge in [-0.3, -0.25) is 4.79 Å². The summed E-state index contributed by atoms with van der Waals surface area (Å²) in [7, 11) is -4.81. The Morgan fingerprint density at radius 2 is 1.70 bits per heavy atom. The van der Waals surface area contributed by atoms with Gasteiger partial charge in [-0.05, 0) is 63.5 Å². The van der Waals surface area contributed by atoms with E-state index in [9.17, 15) is 26.4 Å². The Morgan fingerprint density at radius 3 is 2.20 bits per heavy atom. The van der Waals surface area contributed by atoms with Crippen LogP contribution in [-0.4, -0.2) is 29.5 Å². The van der Waals surface area contributed by atoms with Crippen molar-refractivity contribution >= 4 is 33.1 Å². The summed E-state index contributed by atoms with van der Waals surface area (Å²) in [4.78, 5) is 13.2. The predicted octanol–water partition coefficient (Wildman–Crippen LogP) is 4.96. The second-order valence-electron chi connectivity index (χ2n) is 6.92. The lowest BCUT2D eigenvalue weighted by atomic mass is 9.91. The summed E-state index contributed by atoms with van der Waals surface area (Å²) in [6, 6.07) is 2.93. The van der Waals surface area contributed by atoms with E-state index in [2.05, 4.69) is 9.28 Å². The van der Waals surface area contributed by atoms with Gasteiger partial charge in [-0.1, -0.05) is 17.2 Å². The molecule has 0 spiro atoms. The van der Waals surface area contributed by atoms with Crippen LogP contribution in [0.3, 0.4) is 0 Å². The molecule has 0 N–H and O–H groups in total. The number of rotatable bonds is 5. The number of carbonyl (C=O) groups excluding carboxylic acids is 1. The Kier molecular flexibility index (Phi) is 6.44. The van der Waals surface area contributed by atoms with Crippen LogP contribution in [0.15, 0.2) is 17.7 Å². The molecule has 30 heavy (non-hydrogen) atoms. The summed E-state index contributed by atoms with van der Waals surface area (Å²) < 4.78 is 66.4. The topological polar surface area (TPSA) is 78.3 Å². The number of hydrogen-bond donors (Lipinski definition) is 0. The SMILES string of the molecule is CC(C)=C(C)c1c(Cl)ccc(C(=O)c2c(C)nn(C)c2OS(=O)(=O)C(F)(F)F)c1C. The highest BCUT2D eigenvalue weighted by molar-refractivity contribution is 7.88. The van der Waals surface area contributed by atoms with Crippen LogP contribution < -0.4 is 4.18 Å². The number of hydrogen-bond acceptors (Lipinski definition) is 5. The smallest absolute Gasteiger partial charge is 0.355 e. The average molecular weight is 465 g/mol. The number of aryl methyl sites for hydroxylation is 2. The first-order valence-corrected chi connectivity index (χ1v) is 10.4. The maximum absolute atomic E-state index is 13.2. The van der Waals surface area contributed by atoms with Crippen LogP contribution in [0.25, 0.3) is 5.57 Å². The minimum Gasteiger partial charge on any atom is -0.355 e. The van der Waals surface area contributed by atoms with Gasteiger partial charge >= 0.3 is 15.6 Å². The molecule has 0 aliphatic heterocycles. The maximum atomic E-state index is 13.2. The summed E-state index contributed by atoms with van der Waals surface area (Å²) in [5, 5.41) is 4.26. The molecule has 0 atom stereocenters. The van der Waals surface area contributed by atoms with Crippen LogP contribution in [0.1, 0.15) is 53.5 Å². The van der Waals surface area contributed by atoms with Gasteiger partial charge in [0, 0.05) is 17.6 Å². The number of allylic oxidation sites excluding steroid dienone is 2. The van der Waals surface area contributed by atoms with Crippen molar-refractivity contribution in [2.75, 3.05) is 0 Å². The van der Waals surface area contributed by atoms with E-state index in [-0.39, 0.29) is 16.8 Å². The molecular weight excluding hydrogens is 445 g/mol. The first-order chi connectivity index (χ1) is 13.6. The number of benzene rings is 1. The Labute approximate surface area is 177 Å². The molecule has 0 aliphatic rings. The lowest BCUT2D eigenvalue weighted by Gasteiger charge is -2.15. The van der Waals surface area contributed by atoms with Crippen molar-refractivity contribution in [3.8, 4) is 5.88 Å². The van der Waals surface area contributed by atoms with E-state index in [0.29, 0.717) is 16.1 Å². The molecule has 0 unspecified atom stereocenters. The first kappa shape index (κ1) is 23.9. The molecule has 11 heteroatoms. The Hall–Kier alpha value is -2.33. The molecule has 0 saturated heterocycles. The fourth-order valence-corrected chi connectivity index (χ4v) is 3.75. The van der Waals surface area contributed by atoms with E-state index >= 15 is 0 Å². The van der Waals surface area contributed by atoms with E-state index in [0.717, 1.165) is 15.8 Å². The van der Waals surface area contributed by atoms with E-state index in [1.807, 2.05) is 20.8 Å². The minimum absolute atomic E-state index is 0.0183. The zero-order valence-corrected chi connectivity index (χ0v) is 18.7. The van der Waals surface area contributed by atoms with Gasteiger partial charge in [0.25, 0.3) is 0 Å². The van der Waals surface area contributed by atoms with Crippen molar-refractivity contribution in [3.05, 3.63) is 50.7 Å². The van der Waals surface area contributed by atoms with Gasteiger partial charge in [-0.2, -0.15) is 26.7 Å². The number of halogens is 4. The molecule has 0 fully saturated rings. The molecule has 0 radical (unpaired) electrons. The highest BCUT2D eigenvalue weighted by Gasteiger charge is 2.49. The fourth-order valence-electron chi connectivity index (χ4n) is 2.91. The van der Waals surface area contributed by atoms with Crippen molar-refractivity contribution in [1.82, 2.24) is 9.78 Å². The molecule has 164 valence electrons. The monoisotopic (exact) mass is 464 g/mol. The summed E-state index contributed by atoms with van der Waals surface area (Å²) in [6.07, 6.45) is 0. The molecule has 0 aliphatic carbocycles. The highest BCUT2D eigenvalue weighted by atomic mass is 35.5. The van der Waals surface area contributed by atoms with Gasteiger partial charge in [0.2, 0.25) is 11.7 Å². The summed E-state index contributed by atoms with van der Waals surface area (Å²) in [5.74, 6) is -1.55. The van der Waals surface area contributed by atoms with Gasteiger partial charge in [0.05, 0.1) is 5.69 Å². The van der Waals surface area contributed by atoms with Crippen LogP contribution in [0.4, 0.5) is 13.2 Å². The van der Waals surface area contributed by atoms with E-state index < -0.39 is 27.3 Å². The van der Waals surface area contributed by atoms with Gasteiger partial charge in [-0.15, -0.1) is 0 Å². The quantitative estimate of drug-likeness (QED) is 0.355. The largest absolute Gasteiger partial charge is 0.534 e. The maximum Gasteiger partial charge on any atom is 0.534 e. The van der Waals surface area contributed by atoms with E-state index in [1.165, 1.54) is 26.1 Å². The molecule has 6 nitrogen and oxygen atoms in total. The molecule has 0 amide bonds. The van der Waals surface area contributed by atoms with Crippen LogP contribution in [0.5, 0.6) is 5.88 Å². The standard InChI is InChI=1S/C19H20ClF3N2O4S/c1-9(2)10(3)15-11(4)13(7-8-14(15)20)17(26)16-12(5)24-25(6)18(16)29-30(27,28)19(21,22)23/h7-8H,1-6H3. The number of alkyl halides is 3. The molecule has 2 rings (SSSR count). The first-order valence-electron chi connectivity index (χ1n) is 8.62. The summed E-state index contributed by atoms with van der Waals surface area (Å²) in [5.41, 5.74) is -2.96. The molecule has 0 saturated carbocycles. The third-order valence-corrected chi connectivity index (χ3v) is 5.91. The van der Waals surface area contributed by atoms with Crippen LogP contribution in [0.2, 0.25) is 5.02 Å². The van der Waals surface area contributed by atoms with Crippen LogP contribution >= 0.6 is 11.6 Å². The predicted molar refractivity (Wildman–Crippen MR) is 107 cm³/mol. The van der Waals surface area contributed by atoms with Crippen molar-refractivity contribution in [2.24, 2.45) is 7.05 Å². The van der Waals surface area contributed by atoms with Crippen molar-refractivity contribution in [1.29, 1.82) is 0 Å². The fraction of sp³-hybridized carbons (Fsp3) is 0.368. The van der Waals surface area contributed by atoms with Gasteiger partial charge < -0.3 is 4.18 Å². The second kappa shape index (κ2) is 8.07. The minimum atomic E-state index is -5.99. The van der Waals surface area contributed by atoms with Crippen LogP contribution in [0, 0.1) is 13.8 Å². The lowest BCUT2D eigenvalue weighted by molar-refractivity contribution is -0.0502. The number of carbonyl (C=O) groups is 1. The zero-order chi connectivity index (χ0) is 23.2. The van der Waals surface area contributed by atoms with Gasteiger partial charge in [0.15, 0.2) is 0 Å². The third kappa shape index (κ3) is 4.24. The number of nitrogens with zero attached hydrogens (tertiary/aromatic N) is 2. The molecule has 1 aromatic heterocycles. The summed E-state index contributed by atoms with van der Waals surface area (Å²) >= 11 is 6.30. The van der Waals surface area contributed by atoms with Crippen LogP contribution in [-0.2, 0) is 17.2 Å². The molecule has 0 bridgehead atoms. The normalized spacial score (nSPS) is 12.1. The average Bonchev–Trinajstić information content (AvgIpc) is 2.86. The van der Waals surface area contributed by atoms with E-state index in [4.69, 9.17) is 11.6 Å². The Morgan fingerprint density at radius 1 is 1.13 bits per heavy atom. The van der Waals surface area contributed by atoms with Crippen molar-refractivity contribution in [2.45, 2.75) is 40.1 Å². The van der Waals surface area contributed by atoms with E-state index in [1.54, 1.807) is 6.92 Å². The van der Waals surface area contributed by atoms with Gasteiger partial charge in [0.1, 0.15) is 5.56 Å². The molecule has 1 heterocycles. The lowest BCUT2D eigenvalue weighted by Crippen LogP contribution is -2.29. The Bertz CT molecular complexity index is 1160. The number of ketones is 1. The molecule has 1 aromatic carbocycles. The van der Waals surface area contributed by atoms with Gasteiger partial charge in [-0.25, -0.2) is 4.68 Å². The van der Waals surface area contributed by atoms with Crippen molar-refractivity contribution < 1.29 is 30.6 Å². The van der Waals surface area contributed by atoms with Crippen molar-refractivity contribution in [3.63, 3.8) is 0 Å². The number of aromatic nitrogens is 2.